The second kappa shape index (κ2) is 6.45. The van der Waals surface area contributed by atoms with E-state index in [1.807, 2.05) is 48.0 Å². The number of ether oxygens (including phenoxy) is 1. The van der Waals surface area contributed by atoms with E-state index in [4.69, 9.17) is 14.9 Å². The molecule has 0 unspecified atom stereocenters. The number of nitrogens with two attached hydrogens (primary N) is 1. The molecule has 0 saturated heterocycles. The summed E-state index contributed by atoms with van der Waals surface area (Å²) in [6, 6.07) is 11.7. The van der Waals surface area contributed by atoms with E-state index in [0.717, 1.165) is 28.0 Å². The van der Waals surface area contributed by atoms with Gasteiger partial charge in [-0.1, -0.05) is 18.2 Å². The summed E-state index contributed by atoms with van der Waals surface area (Å²) >= 11 is 0. The number of nitrogen functional groups attached to an aromatic ring is 1. The standard InChI is InChI=1S/C18H19N5O2/c1-2-24-11-15-22-16-17(23(15)20-10-12-6-5-9-25-12)13-7-3-4-8-14(13)21-18(16)19/h3-9,20H,2,10-11H2,1H3,(H2,19,21). The van der Waals surface area contributed by atoms with E-state index in [-0.39, 0.29) is 0 Å². The summed E-state index contributed by atoms with van der Waals surface area (Å²) in [6.07, 6.45) is 1.65. The van der Waals surface area contributed by atoms with Crippen molar-refractivity contribution in [2.24, 2.45) is 0 Å². The number of pyridine rings is 1. The highest BCUT2D eigenvalue weighted by molar-refractivity contribution is 6.06. The number of furan rings is 1. The Hall–Kier alpha value is -3.06. The molecule has 0 fully saturated rings. The van der Waals surface area contributed by atoms with E-state index in [9.17, 15) is 0 Å². The monoisotopic (exact) mass is 337 g/mol. The van der Waals surface area contributed by atoms with Gasteiger partial charge in [-0.25, -0.2) is 14.6 Å². The molecule has 0 bridgehead atoms. The van der Waals surface area contributed by atoms with Crippen molar-refractivity contribution in [2.45, 2.75) is 20.1 Å². The number of anilines is 1. The Bertz CT molecular complexity index is 1010. The minimum absolute atomic E-state index is 0.379. The predicted octanol–water partition coefficient (Wildman–Crippen LogP) is 3.04. The van der Waals surface area contributed by atoms with Gasteiger partial charge in [0.15, 0.2) is 11.6 Å². The number of hydrogen-bond acceptors (Lipinski definition) is 6. The molecule has 3 aromatic heterocycles. The second-order valence-electron chi connectivity index (χ2n) is 5.63. The summed E-state index contributed by atoms with van der Waals surface area (Å²) in [5, 5.41) is 0.980. The summed E-state index contributed by atoms with van der Waals surface area (Å²) in [7, 11) is 0. The van der Waals surface area contributed by atoms with Crippen molar-refractivity contribution < 1.29 is 9.15 Å². The van der Waals surface area contributed by atoms with E-state index in [1.165, 1.54) is 0 Å². The number of hydrogen-bond donors (Lipinski definition) is 2. The first-order chi connectivity index (χ1) is 12.3. The number of para-hydroxylation sites is 1. The largest absolute Gasteiger partial charge is 0.467 e. The van der Waals surface area contributed by atoms with E-state index < -0.39 is 0 Å². The van der Waals surface area contributed by atoms with Crippen LogP contribution >= 0.6 is 0 Å². The molecule has 3 heterocycles. The fourth-order valence-electron chi connectivity index (χ4n) is 2.88. The first kappa shape index (κ1) is 15.5. The summed E-state index contributed by atoms with van der Waals surface area (Å²) < 4.78 is 12.9. The third-order valence-corrected chi connectivity index (χ3v) is 4.02. The number of imidazole rings is 1. The maximum Gasteiger partial charge on any atom is 0.154 e. The van der Waals surface area contributed by atoms with E-state index in [1.54, 1.807) is 6.26 Å². The van der Waals surface area contributed by atoms with Crippen molar-refractivity contribution in [1.82, 2.24) is 14.6 Å². The zero-order valence-corrected chi connectivity index (χ0v) is 13.9. The van der Waals surface area contributed by atoms with Gasteiger partial charge in [-0.2, -0.15) is 0 Å². The van der Waals surface area contributed by atoms with E-state index in [0.29, 0.717) is 31.1 Å². The van der Waals surface area contributed by atoms with Crippen LogP contribution in [0, 0.1) is 0 Å². The van der Waals surface area contributed by atoms with Crippen LogP contribution in [0.2, 0.25) is 0 Å². The average Bonchev–Trinajstić information content (AvgIpc) is 3.26. The third kappa shape index (κ3) is 2.78. The number of nitrogens with zero attached hydrogens (tertiary/aromatic N) is 3. The van der Waals surface area contributed by atoms with Crippen LogP contribution in [0.5, 0.6) is 0 Å². The van der Waals surface area contributed by atoms with Gasteiger partial charge in [0.1, 0.15) is 23.4 Å². The quantitative estimate of drug-likeness (QED) is 0.562. The molecule has 0 aliphatic rings. The lowest BCUT2D eigenvalue weighted by Gasteiger charge is -2.12. The van der Waals surface area contributed by atoms with Gasteiger partial charge in [0.2, 0.25) is 0 Å². The van der Waals surface area contributed by atoms with Crippen LogP contribution < -0.4 is 11.2 Å². The predicted molar refractivity (Wildman–Crippen MR) is 96.5 cm³/mol. The minimum Gasteiger partial charge on any atom is -0.467 e. The van der Waals surface area contributed by atoms with Crippen LogP contribution in [-0.2, 0) is 17.9 Å². The number of nitrogens with one attached hydrogen (secondary N) is 1. The smallest absolute Gasteiger partial charge is 0.154 e. The Morgan fingerprint density at radius 2 is 2.08 bits per heavy atom. The molecule has 3 N–H and O–H groups in total. The van der Waals surface area contributed by atoms with Crippen LogP contribution in [0.25, 0.3) is 21.9 Å². The van der Waals surface area contributed by atoms with Crippen molar-refractivity contribution in [1.29, 1.82) is 0 Å². The minimum atomic E-state index is 0.379. The molecule has 25 heavy (non-hydrogen) atoms. The molecule has 0 aliphatic carbocycles. The molecule has 0 spiro atoms. The maximum absolute atomic E-state index is 6.15. The molecule has 1 aromatic carbocycles. The van der Waals surface area contributed by atoms with Crippen LogP contribution in [0.1, 0.15) is 18.5 Å². The van der Waals surface area contributed by atoms with Gasteiger partial charge >= 0.3 is 0 Å². The molecule has 0 atom stereocenters. The van der Waals surface area contributed by atoms with Crippen LogP contribution in [-0.4, -0.2) is 21.3 Å². The van der Waals surface area contributed by atoms with Gasteiger partial charge in [-0.3, -0.25) is 0 Å². The highest BCUT2D eigenvalue weighted by Crippen LogP contribution is 2.28. The number of aromatic nitrogens is 3. The van der Waals surface area contributed by atoms with Crippen molar-refractivity contribution >= 4 is 27.8 Å². The zero-order valence-electron chi connectivity index (χ0n) is 13.9. The summed E-state index contributed by atoms with van der Waals surface area (Å²) in [5.41, 5.74) is 11.9. The summed E-state index contributed by atoms with van der Waals surface area (Å²) in [5.74, 6) is 1.98. The maximum atomic E-state index is 6.15. The number of rotatable bonds is 6. The second-order valence-corrected chi connectivity index (χ2v) is 5.63. The summed E-state index contributed by atoms with van der Waals surface area (Å²) in [6.45, 7) is 3.46. The molecular weight excluding hydrogens is 318 g/mol. The first-order valence-electron chi connectivity index (χ1n) is 8.17. The number of benzene rings is 1. The molecule has 0 saturated carbocycles. The Morgan fingerprint density at radius 3 is 2.88 bits per heavy atom. The molecule has 128 valence electrons. The van der Waals surface area contributed by atoms with Crippen molar-refractivity contribution in [3.8, 4) is 0 Å². The lowest BCUT2D eigenvalue weighted by Crippen LogP contribution is -2.18. The van der Waals surface area contributed by atoms with Gasteiger partial charge in [0.25, 0.3) is 0 Å². The third-order valence-electron chi connectivity index (χ3n) is 4.02. The van der Waals surface area contributed by atoms with Crippen molar-refractivity contribution in [3.63, 3.8) is 0 Å². The highest BCUT2D eigenvalue weighted by atomic mass is 16.5. The Labute approximate surface area is 144 Å². The van der Waals surface area contributed by atoms with Gasteiger partial charge in [-0.15, -0.1) is 0 Å². The fraction of sp³-hybridized carbons (Fsp3) is 0.222. The molecule has 0 radical (unpaired) electrons. The van der Waals surface area contributed by atoms with Gasteiger partial charge in [-0.05, 0) is 25.1 Å². The lowest BCUT2D eigenvalue weighted by atomic mass is 10.2. The van der Waals surface area contributed by atoms with Gasteiger partial charge in [0.05, 0.1) is 18.3 Å². The molecule has 4 rings (SSSR count). The van der Waals surface area contributed by atoms with Crippen LogP contribution in [0.3, 0.4) is 0 Å². The Kier molecular flexibility index (Phi) is 3.99. The Balaban J connectivity index is 1.88. The van der Waals surface area contributed by atoms with Crippen molar-refractivity contribution in [3.05, 3.63) is 54.2 Å². The molecule has 7 nitrogen and oxygen atoms in total. The molecule has 0 aliphatic heterocycles. The van der Waals surface area contributed by atoms with Gasteiger partial charge < -0.3 is 20.3 Å². The SMILES string of the molecule is CCOCc1nc2c(N)nc3ccccc3c2n1NCc1ccco1. The number of fused-ring (bicyclic) bond motifs is 3. The lowest BCUT2D eigenvalue weighted by molar-refractivity contribution is 0.127. The molecule has 4 aromatic rings. The normalized spacial score (nSPS) is 11.4. The van der Waals surface area contributed by atoms with E-state index >= 15 is 0 Å². The summed E-state index contributed by atoms with van der Waals surface area (Å²) in [4.78, 5) is 9.12. The zero-order chi connectivity index (χ0) is 17.2. The van der Waals surface area contributed by atoms with Crippen LogP contribution in [0.15, 0.2) is 47.1 Å². The van der Waals surface area contributed by atoms with Gasteiger partial charge in [0, 0.05) is 12.0 Å². The Morgan fingerprint density at radius 1 is 1.20 bits per heavy atom. The average molecular weight is 337 g/mol. The highest BCUT2D eigenvalue weighted by Gasteiger charge is 2.17. The molecule has 0 amide bonds. The topological polar surface area (TPSA) is 91.1 Å². The van der Waals surface area contributed by atoms with Crippen LogP contribution in [0.4, 0.5) is 5.82 Å². The fourth-order valence-corrected chi connectivity index (χ4v) is 2.88. The van der Waals surface area contributed by atoms with E-state index in [2.05, 4.69) is 15.4 Å². The first-order valence-corrected chi connectivity index (χ1v) is 8.17. The molecule has 7 heteroatoms. The van der Waals surface area contributed by atoms with Crippen molar-refractivity contribution in [2.75, 3.05) is 17.8 Å². The molecular formula is C18H19N5O2.